The van der Waals surface area contributed by atoms with Crippen LogP contribution in [0.15, 0.2) is 30.7 Å². The average molecular weight is 192 g/mol. The Morgan fingerprint density at radius 3 is 2.92 bits per heavy atom. The van der Waals surface area contributed by atoms with E-state index >= 15 is 0 Å². The molecule has 4 heteroatoms. The van der Waals surface area contributed by atoms with Crippen LogP contribution < -0.4 is 0 Å². The lowest BCUT2D eigenvalue weighted by molar-refractivity contribution is 0.285. The minimum absolute atomic E-state index is 0.0535. The van der Waals surface area contributed by atoms with E-state index in [2.05, 4.69) is 9.97 Å². The Morgan fingerprint density at radius 1 is 1.38 bits per heavy atom. The summed E-state index contributed by atoms with van der Waals surface area (Å²) >= 11 is 1.48. The molecule has 0 aromatic carbocycles. The lowest BCUT2D eigenvalue weighted by atomic mass is 10.3. The first-order chi connectivity index (χ1) is 6.40. The molecular formula is C9H8N2OS. The van der Waals surface area contributed by atoms with Crippen LogP contribution in [0.2, 0.25) is 0 Å². The van der Waals surface area contributed by atoms with Crippen LogP contribution in [-0.4, -0.2) is 15.1 Å². The van der Waals surface area contributed by atoms with Crippen molar-refractivity contribution in [3.63, 3.8) is 0 Å². The van der Waals surface area contributed by atoms with Crippen LogP contribution in [0.4, 0.5) is 0 Å². The van der Waals surface area contributed by atoms with Gasteiger partial charge in [-0.25, -0.2) is 4.98 Å². The molecule has 0 bridgehead atoms. The Kier molecular flexibility index (Phi) is 2.33. The normalized spacial score (nSPS) is 10.2. The van der Waals surface area contributed by atoms with Gasteiger partial charge < -0.3 is 5.11 Å². The molecule has 2 rings (SSSR count). The molecule has 0 saturated carbocycles. The molecule has 0 fully saturated rings. The Hall–Kier alpha value is -1.26. The molecule has 0 aliphatic heterocycles. The summed E-state index contributed by atoms with van der Waals surface area (Å²) in [7, 11) is 0. The van der Waals surface area contributed by atoms with Gasteiger partial charge in [0.25, 0.3) is 0 Å². The van der Waals surface area contributed by atoms with E-state index in [1.165, 1.54) is 11.3 Å². The van der Waals surface area contributed by atoms with Crippen molar-refractivity contribution in [3.8, 4) is 10.6 Å². The van der Waals surface area contributed by atoms with Crippen molar-refractivity contribution < 1.29 is 5.11 Å². The van der Waals surface area contributed by atoms with Crippen molar-refractivity contribution in [2.24, 2.45) is 0 Å². The minimum atomic E-state index is 0.0535. The number of nitrogens with zero attached hydrogens (tertiary/aromatic N) is 2. The highest BCUT2D eigenvalue weighted by molar-refractivity contribution is 7.15. The van der Waals surface area contributed by atoms with E-state index in [1.54, 1.807) is 18.6 Å². The van der Waals surface area contributed by atoms with Gasteiger partial charge in [0.2, 0.25) is 0 Å². The molecule has 0 saturated heterocycles. The van der Waals surface area contributed by atoms with Gasteiger partial charge in [-0.1, -0.05) is 0 Å². The number of thiazole rings is 1. The molecule has 0 amide bonds. The van der Waals surface area contributed by atoms with Crippen molar-refractivity contribution in [2.45, 2.75) is 6.61 Å². The third-order valence-corrected chi connectivity index (χ3v) is 2.65. The third kappa shape index (κ3) is 1.74. The van der Waals surface area contributed by atoms with Gasteiger partial charge in [0.1, 0.15) is 5.01 Å². The summed E-state index contributed by atoms with van der Waals surface area (Å²) in [6.45, 7) is 0.0535. The van der Waals surface area contributed by atoms with E-state index in [1.807, 2.05) is 12.1 Å². The van der Waals surface area contributed by atoms with Crippen molar-refractivity contribution in [1.29, 1.82) is 0 Å². The van der Waals surface area contributed by atoms with Crippen molar-refractivity contribution in [2.75, 3.05) is 0 Å². The summed E-state index contributed by atoms with van der Waals surface area (Å²) in [6.07, 6.45) is 5.18. The zero-order valence-electron chi connectivity index (χ0n) is 6.84. The molecule has 0 radical (unpaired) electrons. The molecule has 0 spiro atoms. The number of aromatic nitrogens is 2. The predicted molar refractivity (Wildman–Crippen MR) is 51.3 cm³/mol. The molecule has 0 aliphatic rings. The van der Waals surface area contributed by atoms with E-state index in [0.717, 1.165) is 15.4 Å². The number of pyridine rings is 1. The summed E-state index contributed by atoms with van der Waals surface area (Å²) in [6, 6.07) is 3.82. The lowest BCUT2D eigenvalue weighted by Crippen LogP contribution is -1.75. The maximum Gasteiger partial charge on any atom is 0.125 e. The molecule has 2 heterocycles. The van der Waals surface area contributed by atoms with Gasteiger partial charge >= 0.3 is 0 Å². The number of hydrogen-bond donors (Lipinski definition) is 1. The van der Waals surface area contributed by atoms with Crippen molar-refractivity contribution in [3.05, 3.63) is 35.6 Å². The van der Waals surface area contributed by atoms with Gasteiger partial charge in [0.05, 0.1) is 11.5 Å². The van der Waals surface area contributed by atoms with Crippen LogP contribution in [0.1, 0.15) is 4.88 Å². The van der Waals surface area contributed by atoms with Crippen LogP contribution >= 0.6 is 11.3 Å². The molecule has 1 N–H and O–H groups in total. The fourth-order valence-corrected chi connectivity index (χ4v) is 1.77. The molecule has 0 atom stereocenters. The van der Waals surface area contributed by atoms with Crippen LogP contribution in [0, 0.1) is 0 Å². The third-order valence-electron chi connectivity index (χ3n) is 1.62. The molecule has 66 valence electrons. The van der Waals surface area contributed by atoms with E-state index in [9.17, 15) is 0 Å². The molecule has 13 heavy (non-hydrogen) atoms. The molecule has 0 unspecified atom stereocenters. The molecule has 2 aromatic rings. The summed E-state index contributed by atoms with van der Waals surface area (Å²) in [4.78, 5) is 9.05. The Morgan fingerprint density at radius 2 is 2.31 bits per heavy atom. The predicted octanol–water partition coefficient (Wildman–Crippen LogP) is 1.70. The van der Waals surface area contributed by atoms with Crippen molar-refractivity contribution in [1.82, 2.24) is 9.97 Å². The second-order valence-corrected chi connectivity index (χ2v) is 3.65. The topological polar surface area (TPSA) is 46.0 Å². The highest BCUT2D eigenvalue weighted by Crippen LogP contribution is 2.23. The standard InChI is InChI=1S/C9H8N2OS/c12-6-8-5-11-9(13-8)7-2-1-3-10-4-7/h1-5,12H,6H2. The summed E-state index contributed by atoms with van der Waals surface area (Å²) in [5, 5.41) is 9.75. The Labute approximate surface area is 79.7 Å². The first-order valence-corrected chi connectivity index (χ1v) is 4.68. The van der Waals surface area contributed by atoms with Gasteiger partial charge in [0.15, 0.2) is 0 Å². The monoisotopic (exact) mass is 192 g/mol. The van der Waals surface area contributed by atoms with Gasteiger partial charge in [0, 0.05) is 24.2 Å². The van der Waals surface area contributed by atoms with Crippen LogP contribution in [-0.2, 0) is 6.61 Å². The fraction of sp³-hybridized carbons (Fsp3) is 0.111. The summed E-state index contributed by atoms with van der Waals surface area (Å²) in [5.41, 5.74) is 0.993. The van der Waals surface area contributed by atoms with Crippen LogP contribution in [0.3, 0.4) is 0 Å². The largest absolute Gasteiger partial charge is 0.391 e. The number of hydrogen-bond acceptors (Lipinski definition) is 4. The zero-order chi connectivity index (χ0) is 9.10. The Balaban J connectivity index is 2.36. The molecular weight excluding hydrogens is 184 g/mol. The number of rotatable bonds is 2. The van der Waals surface area contributed by atoms with Crippen LogP contribution in [0.5, 0.6) is 0 Å². The molecule has 3 nitrogen and oxygen atoms in total. The first-order valence-electron chi connectivity index (χ1n) is 3.86. The minimum Gasteiger partial charge on any atom is -0.391 e. The van der Waals surface area contributed by atoms with E-state index in [-0.39, 0.29) is 6.61 Å². The van der Waals surface area contributed by atoms with Gasteiger partial charge in [-0.05, 0) is 12.1 Å². The summed E-state index contributed by atoms with van der Waals surface area (Å²) < 4.78 is 0. The second kappa shape index (κ2) is 3.64. The van der Waals surface area contributed by atoms with Crippen molar-refractivity contribution >= 4 is 11.3 Å². The second-order valence-electron chi connectivity index (χ2n) is 2.53. The highest BCUT2D eigenvalue weighted by Gasteiger charge is 2.02. The maximum atomic E-state index is 8.85. The average Bonchev–Trinajstić information content (AvgIpc) is 2.67. The van der Waals surface area contributed by atoms with Gasteiger partial charge in [-0.3, -0.25) is 4.98 Å². The SMILES string of the molecule is OCc1cnc(-c2cccnc2)s1. The van der Waals surface area contributed by atoms with E-state index in [4.69, 9.17) is 5.11 Å². The Bertz CT molecular complexity index is 386. The fourth-order valence-electron chi connectivity index (χ4n) is 1.00. The number of aliphatic hydroxyl groups excluding tert-OH is 1. The van der Waals surface area contributed by atoms with E-state index < -0.39 is 0 Å². The maximum absolute atomic E-state index is 8.85. The van der Waals surface area contributed by atoms with E-state index in [0.29, 0.717) is 0 Å². The summed E-state index contributed by atoms with van der Waals surface area (Å²) in [5.74, 6) is 0. The highest BCUT2D eigenvalue weighted by atomic mass is 32.1. The van der Waals surface area contributed by atoms with Crippen LogP contribution in [0.25, 0.3) is 10.6 Å². The van der Waals surface area contributed by atoms with Gasteiger partial charge in [-0.2, -0.15) is 0 Å². The molecule has 0 aliphatic carbocycles. The molecule has 2 aromatic heterocycles. The smallest absolute Gasteiger partial charge is 0.125 e. The van der Waals surface area contributed by atoms with Gasteiger partial charge in [-0.15, -0.1) is 11.3 Å². The first kappa shape index (κ1) is 8.34. The lowest BCUT2D eigenvalue weighted by Gasteiger charge is -1.91. The quantitative estimate of drug-likeness (QED) is 0.787. The zero-order valence-corrected chi connectivity index (χ0v) is 7.66. The number of aliphatic hydroxyl groups is 1.